The number of benzene rings is 1. The van der Waals surface area contributed by atoms with Crippen LogP contribution in [0.5, 0.6) is 5.75 Å². The van der Waals surface area contributed by atoms with Crippen LogP contribution in [0.4, 0.5) is 19.1 Å². The molecule has 2 rings (SSSR count). The molecule has 0 saturated carbocycles. The zero-order valence-corrected chi connectivity index (χ0v) is 8.21. The van der Waals surface area contributed by atoms with Crippen molar-refractivity contribution >= 4 is 23.0 Å². The minimum Gasteiger partial charge on any atom is -0.420 e. The van der Waals surface area contributed by atoms with Gasteiger partial charge in [-0.3, -0.25) is 0 Å². The molecule has 0 atom stereocenters. The van der Waals surface area contributed by atoms with E-state index in [4.69, 9.17) is 5.73 Å². The predicted octanol–water partition coefficient (Wildman–Crippen LogP) is 1.61. The second-order valence-corrected chi connectivity index (χ2v) is 3.19. The normalized spacial score (nSPS) is 11.7. The number of ether oxygens (including phenoxy) is 1. The molecule has 0 saturated heterocycles. The third-order valence-corrected chi connectivity index (χ3v) is 1.91. The lowest BCUT2D eigenvalue weighted by atomic mass is 10.3. The number of rotatable bonds is 1. The van der Waals surface area contributed by atoms with Crippen molar-refractivity contribution in [1.82, 2.24) is 9.97 Å². The van der Waals surface area contributed by atoms with Gasteiger partial charge in [-0.05, 0) is 12.1 Å². The average Bonchev–Trinajstić information content (AvgIpc) is 2.55. The lowest BCUT2D eigenvalue weighted by molar-refractivity contribution is -0.189. The summed E-state index contributed by atoms with van der Waals surface area (Å²) in [4.78, 5) is 17.0. The van der Waals surface area contributed by atoms with Gasteiger partial charge in [0.05, 0.1) is 11.0 Å². The smallest absolute Gasteiger partial charge is 0.420 e. The number of carbonyl (C=O) groups is 1. The number of esters is 1. The Hall–Kier alpha value is -2.25. The maximum absolute atomic E-state index is 11.9. The molecule has 2 aromatic rings. The number of aromatic amines is 1. The van der Waals surface area contributed by atoms with Gasteiger partial charge in [0.25, 0.3) is 0 Å². The fourth-order valence-corrected chi connectivity index (χ4v) is 1.24. The number of nitrogens with zero attached hydrogens (tertiary/aromatic N) is 1. The number of imidazole rings is 1. The Morgan fingerprint density at radius 2 is 2.12 bits per heavy atom. The van der Waals surface area contributed by atoms with Crippen LogP contribution in [0.2, 0.25) is 0 Å². The van der Waals surface area contributed by atoms with E-state index in [9.17, 15) is 18.0 Å². The van der Waals surface area contributed by atoms with E-state index in [0.717, 1.165) is 0 Å². The molecule has 0 aliphatic carbocycles. The number of fused-ring (bicyclic) bond motifs is 1. The molecule has 0 aliphatic heterocycles. The number of hydrogen-bond acceptors (Lipinski definition) is 4. The van der Waals surface area contributed by atoms with Gasteiger partial charge in [-0.25, -0.2) is 9.78 Å². The van der Waals surface area contributed by atoms with Gasteiger partial charge in [0.1, 0.15) is 5.75 Å². The van der Waals surface area contributed by atoms with Crippen LogP contribution in [0.15, 0.2) is 18.2 Å². The SMILES string of the molecule is Nc1nc2ccc(OC(=O)C(F)(F)F)cc2[nH]1. The van der Waals surface area contributed by atoms with Crippen molar-refractivity contribution in [2.45, 2.75) is 6.18 Å². The van der Waals surface area contributed by atoms with E-state index >= 15 is 0 Å². The van der Waals surface area contributed by atoms with Crippen molar-refractivity contribution in [3.05, 3.63) is 18.2 Å². The summed E-state index contributed by atoms with van der Waals surface area (Å²) in [5.74, 6) is -2.38. The molecule has 0 aliphatic rings. The summed E-state index contributed by atoms with van der Waals surface area (Å²) in [7, 11) is 0. The number of nitrogens with one attached hydrogen (secondary N) is 1. The molecule has 5 nitrogen and oxygen atoms in total. The first-order chi connectivity index (χ1) is 7.86. The number of carbonyl (C=O) groups excluding carboxylic acids is 1. The van der Waals surface area contributed by atoms with Crippen molar-refractivity contribution in [3.8, 4) is 5.75 Å². The Morgan fingerprint density at radius 1 is 1.41 bits per heavy atom. The third kappa shape index (κ3) is 2.30. The van der Waals surface area contributed by atoms with E-state index in [2.05, 4.69) is 14.7 Å². The molecular formula is C9H6F3N3O2. The number of nitrogen functional groups attached to an aromatic ring is 1. The number of nitrogens with two attached hydrogens (primary N) is 1. The molecule has 0 bridgehead atoms. The largest absolute Gasteiger partial charge is 0.491 e. The summed E-state index contributed by atoms with van der Waals surface area (Å²) in [5, 5.41) is 0. The Kier molecular flexibility index (Phi) is 2.41. The Bertz CT molecular complexity index is 576. The molecule has 0 radical (unpaired) electrons. The van der Waals surface area contributed by atoms with Crippen molar-refractivity contribution < 1.29 is 22.7 Å². The monoisotopic (exact) mass is 245 g/mol. The minimum atomic E-state index is -5.03. The van der Waals surface area contributed by atoms with E-state index < -0.39 is 12.1 Å². The summed E-state index contributed by atoms with van der Waals surface area (Å²) >= 11 is 0. The summed E-state index contributed by atoms with van der Waals surface area (Å²) in [6.45, 7) is 0. The maximum Gasteiger partial charge on any atom is 0.491 e. The van der Waals surface area contributed by atoms with Crippen molar-refractivity contribution in [2.24, 2.45) is 0 Å². The first kappa shape index (κ1) is 11.2. The van der Waals surface area contributed by atoms with Crippen LogP contribution in [0.25, 0.3) is 11.0 Å². The molecule has 0 fully saturated rings. The van der Waals surface area contributed by atoms with Crippen LogP contribution in [-0.2, 0) is 4.79 Å². The van der Waals surface area contributed by atoms with Crippen LogP contribution >= 0.6 is 0 Å². The van der Waals surface area contributed by atoms with Crippen molar-refractivity contribution in [2.75, 3.05) is 5.73 Å². The molecule has 1 aromatic carbocycles. The van der Waals surface area contributed by atoms with E-state index in [1.54, 1.807) is 0 Å². The standard InChI is InChI=1S/C9H6F3N3O2/c10-9(11,12)7(16)17-4-1-2-5-6(3-4)15-8(13)14-5/h1-3H,(H3,13,14,15). The van der Waals surface area contributed by atoms with Gasteiger partial charge in [0, 0.05) is 6.07 Å². The molecule has 3 N–H and O–H groups in total. The lowest BCUT2D eigenvalue weighted by Gasteiger charge is -2.06. The number of aromatic nitrogens is 2. The zero-order chi connectivity index (χ0) is 12.6. The molecule has 0 spiro atoms. The molecule has 17 heavy (non-hydrogen) atoms. The van der Waals surface area contributed by atoms with E-state index in [-0.39, 0.29) is 11.7 Å². The molecule has 1 heterocycles. The Labute approximate surface area is 92.4 Å². The maximum atomic E-state index is 11.9. The third-order valence-electron chi connectivity index (χ3n) is 1.91. The topological polar surface area (TPSA) is 81.0 Å². The second kappa shape index (κ2) is 3.65. The Morgan fingerprint density at radius 3 is 2.76 bits per heavy atom. The number of halogens is 3. The van der Waals surface area contributed by atoms with Crippen LogP contribution in [0, 0.1) is 0 Å². The van der Waals surface area contributed by atoms with Crippen LogP contribution in [0.3, 0.4) is 0 Å². The van der Waals surface area contributed by atoms with Gasteiger partial charge in [0.2, 0.25) is 0 Å². The van der Waals surface area contributed by atoms with Gasteiger partial charge in [-0.2, -0.15) is 13.2 Å². The van der Waals surface area contributed by atoms with Gasteiger partial charge in [-0.15, -0.1) is 0 Å². The molecule has 1 aromatic heterocycles. The van der Waals surface area contributed by atoms with Crippen molar-refractivity contribution in [3.63, 3.8) is 0 Å². The van der Waals surface area contributed by atoms with Crippen LogP contribution in [-0.4, -0.2) is 22.1 Å². The predicted molar refractivity (Wildman–Crippen MR) is 52.2 cm³/mol. The minimum absolute atomic E-state index is 0.124. The summed E-state index contributed by atoms with van der Waals surface area (Å²) in [6, 6.07) is 3.80. The van der Waals surface area contributed by atoms with Gasteiger partial charge >= 0.3 is 12.1 Å². The van der Waals surface area contributed by atoms with Crippen LogP contribution < -0.4 is 10.5 Å². The molecule has 0 amide bonds. The highest BCUT2D eigenvalue weighted by Crippen LogP contribution is 2.23. The van der Waals surface area contributed by atoms with Gasteiger partial charge < -0.3 is 15.5 Å². The van der Waals surface area contributed by atoms with Crippen LogP contribution in [0.1, 0.15) is 0 Å². The fourth-order valence-electron chi connectivity index (χ4n) is 1.24. The van der Waals surface area contributed by atoms with E-state index in [1.165, 1.54) is 18.2 Å². The van der Waals surface area contributed by atoms with Gasteiger partial charge in [-0.1, -0.05) is 0 Å². The van der Waals surface area contributed by atoms with Crippen molar-refractivity contribution in [1.29, 1.82) is 0 Å². The molecule has 8 heteroatoms. The van der Waals surface area contributed by atoms with E-state index in [1.807, 2.05) is 0 Å². The molecular weight excluding hydrogens is 239 g/mol. The number of anilines is 1. The molecule has 90 valence electrons. The average molecular weight is 245 g/mol. The van der Waals surface area contributed by atoms with E-state index in [0.29, 0.717) is 11.0 Å². The summed E-state index contributed by atoms with van der Waals surface area (Å²) in [6.07, 6.45) is -5.03. The second-order valence-electron chi connectivity index (χ2n) is 3.19. The zero-order valence-electron chi connectivity index (χ0n) is 8.21. The quantitative estimate of drug-likeness (QED) is 0.590. The molecule has 0 unspecified atom stereocenters. The fraction of sp³-hybridized carbons (Fsp3) is 0.111. The number of alkyl halides is 3. The summed E-state index contributed by atoms with van der Waals surface area (Å²) in [5.41, 5.74) is 6.21. The lowest BCUT2D eigenvalue weighted by Crippen LogP contribution is -2.27. The highest BCUT2D eigenvalue weighted by atomic mass is 19.4. The highest BCUT2D eigenvalue weighted by molar-refractivity contribution is 5.82. The number of H-pyrrole nitrogens is 1. The number of hydrogen-bond donors (Lipinski definition) is 2. The summed E-state index contributed by atoms with van der Waals surface area (Å²) < 4.78 is 40.0. The first-order valence-electron chi connectivity index (χ1n) is 4.40. The Balaban J connectivity index is 2.28. The highest BCUT2D eigenvalue weighted by Gasteiger charge is 2.41. The first-order valence-corrected chi connectivity index (χ1v) is 4.40. The van der Waals surface area contributed by atoms with Gasteiger partial charge in [0.15, 0.2) is 5.95 Å².